The Balaban J connectivity index is 1.37. The first-order valence-corrected chi connectivity index (χ1v) is 11.4. The zero-order valence-electron chi connectivity index (χ0n) is 19.7. The number of anilines is 1. The first-order valence-electron chi connectivity index (χ1n) is 11.4. The number of aromatic nitrogens is 2. The van der Waals surface area contributed by atoms with E-state index < -0.39 is 5.91 Å². The summed E-state index contributed by atoms with van der Waals surface area (Å²) in [7, 11) is 1.54. The maximum absolute atomic E-state index is 13.0. The Morgan fingerprint density at radius 1 is 0.943 bits per heavy atom. The molecule has 4 rings (SSSR count). The fourth-order valence-electron chi connectivity index (χ4n) is 3.95. The second kappa shape index (κ2) is 10.8. The van der Waals surface area contributed by atoms with Crippen LogP contribution in [0.4, 0.5) is 5.82 Å². The third-order valence-electron chi connectivity index (χ3n) is 5.91. The van der Waals surface area contributed by atoms with Crippen LogP contribution in [0.2, 0.25) is 0 Å². The third-order valence-corrected chi connectivity index (χ3v) is 5.91. The minimum atomic E-state index is -0.424. The Morgan fingerprint density at radius 3 is 2.34 bits per heavy atom. The normalized spacial score (nSPS) is 13.7. The number of hydrogen-bond acceptors (Lipinski definition) is 6. The molecular weight excluding hydrogens is 446 g/mol. The number of rotatable bonds is 6. The van der Waals surface area contributed by atoms with E-state index in [1.165, 1.54) is 19.5 Å². The number of para-hydroxylation sites is 1. The highest BCUT2D eigenvalue weighted by Gasteiger charge is 2.27. The van der Waals surface area contributed by atoms with Crippen LogP contribution in [0.1, 0.15) is 49.6 Å². The van der Waals surface area contributed by atoms with E-state index >= 15 is 0 Å². The molecule has 0 bridgehead atoms. The number of methoxy groups -OCH3 is 1. The molecule has 9 heteroatoms. The molecule has 0 saturated carbocycles. The van der Waals surface area contributed by atoms with Crippen molar-refractivity contribution in [2.45, 2.75) is 25.8 Å². The molecule has 1 aliphatic rings. The van der Waals surface area contributed by atoms with E-state index in [4.69, 9.17) is 4.74 Å². The predicted octanol–water partition coefficient (Wildman–Crippen LogP) is 3.08. The van der Waals surface area contributed by atoms with Crippen molar-refractivity contribution < 1.29 is 19.1 Å². The van der Waals surface area contributed by atoms with Gasteiger partial charge in [0.05, 0.1) is 12.7 Å². The zero-order chi connectivity index (χ0) is 24.8. The molecular formula is C26H27N5O4. The van der Waals surface area contributed by atoms with Crippen LogP contribution < -0.4 is 15.4 Å². The van der Waals surface area contributed by atoms with E-state index in [2.05, 4.69) is 20.6 Å². The second-order valence-corrected chi connectivity index (χ2v) is 8.31. The van der Waals surface area contributed by atoms with Crippen LogP contribution in [-0.4, -0.2) is 58.8 Å². The van der Waals surface area contributed by atoms with Crippen molar-refractivity contribution in [1.29, 1.82) is 0 Å². The van der Waals surface area contributed by atoms with Crippen LogP contribution in [0.3, 0.4) is 0 Å². The number of nitrogens with one attached hydrogen (secondary N) is 2. The fourth-order valence-corrected chi connectivity index (χ4v) is 3.95. The number of nitrogens with zero attached hydrogens (tertiary/aromatic N) is 3. The Bertz CT molecular complexity index is 1220. The lowest BCUT2D eigenvalue weighted by molar-refractivity contribution is 0.0694. The van der Waals surface area contributed by atoms with E-state index in [9.17, 15) is 14.4 Å². The molecule has 9 nitrogen and oxygen atoms in total. The standard InChI is InChI=1S/C26H27N5O4/c1-17-7-9-18(10-8-17)24(32)30-23-22(27-13-14-28-23)25(33)29-19-11-15-31(16-12-19)26(34)20-5-3-4-6-21(20)35-2/h3-10,13-14,19H,11-12,15-16H2,1-2H3,(H,29,33)(H,28,30,32). The molecule has 0 radical (unpaired) electrons. The van der Waals surface area contributed by atoms with Gasteiger partial charge in [-0.1, -0.05) is 29.8 Å². The highest BCUT2D eigenvalue weighted by atomic mass is 16.5. The van der Waals surface area contributed by atoms with Crippen LogP contribution in [0, 0.1) is 6.92 Å². The molecule has 180 valence electrons. The van der Waals surface area contributed by atoms with E-state index in [1.807, 2.05) is 25.1 Å². The third kappa shape index (κ3) is 5.63. The van der Waals surface area contributed by atoms with Crippen molar-refractivity contribution in [3.63, 3.8) is 0 Å². The summed E-state index contributed by atoms with van der Waals surface area (Å²) in [5.74, 6) is -0.257. The highest BCUT2D eigenvalue weighted by Crippen LogP contribution is 2.22. The van der Waals surface area contributed by atoms with Crippen molar-refractivity contribution in [3.05, 3.63) is 83.3 Å². The summed E-state index contributed by atoms with van der Waals surface area (Å²) < 4.78 is 5.30. The van der Waals surface area contributed by atoms with Crippen molar-refractivity contribution in [3.8, 4) is 5.75 Å². The van der Waals surface area contributed by atoms with Crippen molar-refractivity contribution in [2.75, 3.05) is 25.5 Å². The number of benzene rings is 2. The van der Waals surface area contributed by atoms with Gasteiger partial charge in [-0.15, -0.1) is 0 Å². The molecule has 35 heavy (non-hydrogen) atoms. The first kappa shape index (κ1) is 23.9. The summed E-state index contributed by atoms with van der Waals surface area (Å²) in [6.07, 6.45) is 4.02. The zero-order valence-corrected chi connectivity index (χ0v) is 19.7. The predicted molar refractivity (Wildman–Crippen MR) is 131 cm³/mol. The maximum atomic E-state index is 13.0. The Morgan fingerprint density at radius 2 is 1.63 bits per heavy atom. The van der Waals surface area contributed by atoms with Crippen molar-refractivity contribution >= 4 is 23.5 Å². The lowest BCUT2D eigenvalue weighted by Crippen LogP contribution is -2.46. The Labute approximate surface area is 203 Å². The molecule has 2 aromatic carbocycles. The number of carbonyl (C=O) groups is 3. The smallest absolute Gasteiger partial charge is 0.273 e. The fraction of sp³-hybridized carbons (Fsp3) is 0.269. The minimum absolute atomic E-state index is 0.0421. The van der Waals surface area contributed by atoms with Gasteiger partial charge in [0.15, 0.2) is 11.5 Å². The van der Waals surface area contributed by atoms with E-state index in [-0.39, 0.29) is 29.4 Å². The van der Waals surface area contributed by atoms with Gasteiger partial charge < -0.3 is 20.3 Å². The molecule has 0 spiro atoms. The first-order chi connectivity index (χ1) is 17.0. The number of amides is 3. The molecule has 1 saturated heterocycles. The largest absolute Gasteiger partial charge is 0.496 e. The molecule has 0 aliphatic carbocycles. The quantitative estimate of drug-likeness (QED) is 0.569. The molecule has 2 N–H and O–H groups in total. The van der Waals surface area contributed by atoms with Gasteiger partial charge in [0.25, 0.3) is 17.7 Å². The molecule has 3 aromatic rings. The van der Waals surface area contributed by atoms with E-state index in [0.717, 1.165) is 5.56 Å². The summed E-state index contributed by atoms with van der Waals surface area (Å²) >= 11 is 0. The molecule has 3 amide bonds. The van der Waals surface area contributed by atoms with Gasteiger partial charge in [-0.05, 0) is 44.0 Å². The van der Waals surface area contributed by atoms with Crippen LogP contribution in [0.25, 0.3) is 0 Å². The van der Waals surface area contributed by atoms with Gasteiger partial charge >= 0.3 is 0 Å². The lowest BCUT2D eigenvalue weighted by Gasteiger charge is -2.32. The number of piperidine rings is 1. The Kier molecular flexibility index (Phi) is 7.35. The average molecular weight is 474 g/mol. The molecule has 0 unspecified atom stereocenters. The molecule has 1 aliphatic heterocycles. The van der Waals surface area contributed by atoms with Gasteiger partial charge in [-0.3, -0.25) is 14.4 Å². The molecule has 2 heterocycles. The molecule has 1 fully saturated rings. The van der Waals surface area contributed by atoms with Crippen LogP contribution in [0.15, 0.2) is 60.9 Å². The SMILES string of the molecule is COc1ccccc1C(=O)N1CCC(NC(=O)c2nccnc2NC(=O)c2ccc(C)cc2)CC1. The van der Waals surface area contributed by atoms with Gasteiger partial charge in [0, 0.05) is 37.1 Å². The second-order valence-electron chi connectivity index (χ2n) is 8.31. The summed E-state index contributed by atoms with van der Waals surface area (Å²) in [6, 6.07) is 14.1. The number of carbonyl (C=O) groups excluding carboxylic acids is 3. The minimum Gasteiger partial charge on any atom is -0.496 e. The van der Waals surface area contributed by atoms with Crippen molar-refractivity contribution in [2.24, 2.45) is 0 Å². The van der Waals surface area contributed by atoms with Gasteiger partial charge in [0.2, 0.25) is 0 Å². The van der Waals surface area contributed by atoms with Crippen LogP contribution in [-0.2, 0) is 0 Å². The van der Waals surface area contributed by atoms with Crippen LogP contribution >= 0.6 is 0 Å². The summed E-state index contributed by atoms with van der Waals surface area (Å²) in [5, 5.41) is 5.64. The number of hydrogen-bond donors (Lipinski definition) is 2. The molecule has 1 aromatic heterocycles. The van der Waals surface area contributed by atoms with Gasteiger partial charge in [-0.2, -0.15) is 0 Å². The molecule has 0 atom stereocenters. The van der Waals surface area contributed by atoms with E-state index in [0.29, 0.717) is 42.8 Å². The van der Waals surface area contributed by atoms with Crippen LogP contribution in [0.5, 0.6) is 5.75 Å². The highest BCUT2D eigenvalue weighted by molar-refractivity contribution is 6.07. The summed E-state index contributed by atoms with van der Waals surface area (Å²) in [5.41, 5.74) is 2.06. The summed E-state index contributed by atoms with van der Waals surface area (Å²) in [4.78, 5) is 48.5. The Hall–Kier alpha value is -4.27. The number of likely N-dealkylation sites (tertiary alicyclic amines) is 1. The topological polar surface area (TPSA) is 114 Å². The van der Waals surface area contributed by atoms with Crippen molar-refractivity contribution in [1.82, 2.24) is 20.2 Å². The number of aryl methyl sites for hydroxylation is 1. The summed E-state index contributed by atoms with van der Waals surface area (Å²) in [6.45, 7) is 2.93. The average Bonchev–Trinajstić information content (AvgIpc) is 2.89. The maximum Gasteiger partial charge on any atom is 0.273 e. The van der Waals surface area contributed by atoms with E-state index in [1.54, 1.807) is 35.2 Å². The van der Waals surface area contributed by atoms with Gasteiger partial charge in [-0.25, -0.2) is 9.97 Å². The van der Waals surface area contributed by atoms with Gasteiger partial charge in [0.1, 0.15) is 5.75 Å². The monoisotopic (exact) mass is 473 g/mol. The number of ether oxygens (including phenoxy) is 1. The lowest BCUT2D eigenvalue weighted by atomic mass is 10.0.